The SMILES string of the molecule is CCn1c2ccccc2c2cc(C[NH+]3CC[NH+](CC=Cc4ccccc4)CC3)ccc21. The van der Waals surface area contributed by atoms with E-state index in [0.29, 0.717) is 0 Å². The first kappa shape index (κ1) is 20.0. The molecule has 0 radical (unpaired) electrons. The Labute approximate surface area is 185 Å². The van der Waals surface area contributed by atoms with Crippen LogP contribution < -0.4 is 9.80 Å². The number of benzene rings is 3. The van der Waals surface area contributed by atoms with Crippen LogP contribution >= 0.6 is 0 Å². The van der Waals surface area contributed by atoms with Gasteiger partial charge in [0.15, 0.2) is 0 Å². The van der Waals surface area contributed by atoms with Gasteiger partial charge in [0.1, 0.15) is 32.7 Å². The standard InChI is InChI=1S/C28H31N3/c1-2-31-27-13-7-6-12-25(27)26-21-24(14-15-28(26)31)22-30-19-17-29(18-20-30)16-8-11-23-9-4-3-5-10-23/h3-15,21H,2,16-20,22H2,1H3/p+2. The number of fused-ring (bicyclic) bond motifs is 3. The first-order valence-corrected chi connectivity index (χ1v) is 11.7. The number of quaternary nitrogens is 2. The smallest absolute Gasteiger partial charge is 0.127 e. The van der Waals surface area contributed by atoms with Crippen molar-refractivity contribution in [3.63, 3.8) is 0 Å². The van der Waals surface area contributed by atoms with Gasteiger partial charge in [-0.15, -0.1) is 0 Å². The number of nitrogens with zero attached hydrogens (tertiary/aromatic N) is 1. The van der Waals surface area contributed by atoms with Crippen molar-refractivity contribution >= 4 is 27.9 Å². The minimum Gasteiger partial charge on any atom is -0.341 e. The monoisotopic (exact) mass is 411 g/mol. The average molecular weight is 412 g/mol. The summed E-state index contributed by atoms with van der Waals surface area (Å²) in [5.74, 6) is 0. The van der Waals surface area contributed by atoms with Gasteiger partial charge in [0.2, 0.25) is 0 Å². The highest BCUT2D eigenvalue weighted by molar-refractivity contribution is 6.08. The number of aromatic nitrogens is 1. The summed E-state index contributed by atoms with van der Waals surface area (Å²) < 4.78 is 2.44. The number of piperazine rings is 1. The fourth-order valence-electron chi connectivity index (χ4n) is 5.10. The van der Waals surface area contributed by atoms with E-state index < -0.39 is 0 Å². The Morgan fingerprint density at radius 3 is 2.29 bits per heavy atom. The van der Waals surface area contributed by atoms with Crippen molar-refractivity contribution in [2.45, 2.75) is 20.0 Å². The van der Waals surface area contributed by atoms with Crippen LogP contribution in [0.25, 0.3) is 27.9 Å². The summed E-state index contributed by atoms with van der Waals surface area (Å²) in [5.41, 5.74) is 5.48. The minimum absolute atomic E-state index is 1.01. The molecule has 2 N–H and O–H groups in total. The normalized spacial score (nSPS) is 19.5. The summed E-state index contributed by atoms with van der Waals surface area (Å²) in [5, 5.41) is 2.79. The first-order chi connectivity index (χ1) is 15.3. The van der Waals surface area contributed by atoms with E-state index in [0.717, 1.165) is 19.6 Å². The highest BCUT2D eigenvalue weighted by atomic mass is 15.3. The van der Waals surface area contributed by atoms with Gasteiger partial charge in [0, 0.05) is 33.9 Å². The molecular formula is C28H33N3+2. The summed E-state index contributed by atoms with van der Waals surface area (Å²) in [6, 6.07) is 26.6. The molecule has 5 rings (SSSR count). The lowest BCUT2D eigenvalue weighted by Crippen LogP contribution is -3.27. The average Bonchev–Trinajstić information content (AvgIpc) is 3.14. The van der Waals surface area contributed by atoms with Crippen molar-refractivity contribution in [1.82, 2.24) is 4.57 Å². The van der Waals surface area contributed by atoms with Gasteiger partial charge >= 0.3 is 0 Å². The Bertz CT molecular complexity index is 1180. The maximum Gasteiger partial charge on any atom is 0.127 e. The number of rotatable bonds is 6. The molecule has 3 nitrogen and oxygen atoms in total. The molecule has 0 bridgehead atoms. The Balaban J connectivity index is 1.22. The Kier molecular flexibility index (Phi) is 5.88. The van der Waals surface area contributed by atoms with Gasteiger partial charge in [-0.2, -0.15) is 0 Å². The Morgan fingerprint density at radius 2 is 1.48 bits per heavy atom. The molecule has 31 heavy (non-hydrogen) atoms. The molecule has 0 amide bonds. The first-order valence-electron chi connectivity index (χ1n) is 11.7. The van der Waals surface area contributed by atoms with Crippen molar-refractivity contribution < 1.29 is 9.80 Å². The number of hydrogen-bond donors (Lipinski definition) is 2. The number of para-hydroxylation sites is 1. The van der Waals surface area contributed by atoms with Crippen LogP contribution in [0.15, 0.2) is 78.9 Å². The van der Waals surface area contributed by atoms with Gasteiger partial charge in [-0.1, -0.05) is 60.7 Å². The molecule has 158 valence electrons. The fraction of sp³-hybridized carbons (Fsp3) is 0.286. The number of hydrogen-bond acceptors (Lipinski definition) is 0. The van der Waals surface area contributed by atoms with Crippen LogP contribution in [-0.2, 0) is 13.1 Å². The zero-order valence-corrected chi connectivity index (χ0v) is 18.5. The molecule has 0 unspecified atom stereocenters. The minimum atomic E-state index is 1.01. The largest absolute Gasteiger partial charge is 0.341 e. The maximum atomic E-state index is 2.44. The second-order valence-corrected chi connectivity index (χ2v) is 8.81. The van der Waals surface area contributed by atoms with Crippen LogP contribution in [0.5, 0.6) is 0 Å². The zero-order chi connectivity index (χ0) is 21.0. The summed E-state index contributed by atoms with van der Waals surface area (Å²) >= 11 is 0. The summed E-state index contributed by atoms with van der Waals surface area (Å²) in [6.45, 7) is 10.5. The molecule has 2 heterocycles. The Morgan fingerprint density at radius 1 is 0.774 bits per heavy atom. The van der Waals surface area contributed by atoms with Gasteiger partial charge in [-0.3, -0.25) is 0 Å². The van der Waals surface area contributed by atoms with Gasteiger partial charge in [-0.05, 0) is 36.8 Å². The fourth-order valence-corrected chi connectivity index (χ4v) is 5.10. The third-order valence-corrected chi connectivity index (χ3v) is 6.79. The molecule has 0 saturated carbocycles. The highest BCUT2D eigenvalue weighted by Crippen LogP contribution is 2.29. The summed E-state index contributed by atoms with van der Waals surface area (Å²) in [7, 11) is 0. The van der Waals surface area contributed by atoms with Crippen molar-refractivity contribution in [3.05, 3.63) is 90.0 Å². The lowest BCUT2D eigenvalue weighted by Gasteiger charge is -2.29. The van der Waals surface area contributed by atoms with Crippen LogP contribution in [0.2, 0.25) is 0 Å². The molecule has 3 aromatic carbocycles. The van der Waals surface area contributed by atoms with E-state index in [4.69, 9.17) is 0 Å². The van der Waals surface area contributed by atoms with E-state index in [2.05, 4.69) is 96.4 Å². The zero-order valence-electron chi connectivity index (χ0n) is 18.5. The number of aryl methyl sites for hydroxylation is 1. The molecule has 3 heteroatoms. The van der Waals surface area contributed by atoms with Gasteiger partial charge in [0.05, 0.1) is 6.54 Å². The van der Waals surface area contributed by atoms with Gasteiger partial charge in [-0.25, -0.2) is 0 Å². The van der Waals surface area contributed by atoms with Crippen molar-refractivity contribution in [3.8, 4) is 0 Å². The topological polar surface area (TPSA) is 13.8 Å². The van der Waals surface area contributed by atoms with E-state index in [-0.39, 0.29) is 0 Å². The second-order valence-electron chi connectivity index (χ2n) is 8.81. The molecule has 4 aromatic rings. The van der Waals surface area contributed by atoms with Gasteiger partial charge < -0.3 is 14.4 Å². The van der Waals surface area contributed by atoms with E-state index in [1.807, 2.05) is 0 Å². The maximum absolute atomic E-state index is 2.44. The number of nitrogens with one attached hydrogen (secondary N) is 2. The molecule has 1 fully saturated rings. The molecular weight excluding hydrogens is 378 g/mol. The van der Waals surface area contributed by atoms with Crippen LogP contribution in [0.1, 0.15) is 18.1 Å². The van der Waals surface area contributed by atoms with E-state index >= 15 is 0 Å². The predicted molar refractivity (Wildman–Crippen MR) is 131 cm³/mol. The van der Waals surface area contributed by atoms with Crippen LogP contribution in [-0.4, -0.2) is 37.3 Å². The quantitative estimate of drug-likeness (QED) is 0.485. The molecule has 0 spiro atoms. The van der Waals surface area contributed by atoms with Crippen molar-refractivity contribution in [1.29, 1.82) is 0 Å². The lowest BCUT2D eigenvalue weighted by molar-refractivity contribution is -1.02. The predicted octanol–water partition coefficient (Wildman–Crippen LogP) is 2.81. The van der Waals surface area contributed by atoms with Crippen LogP contribution in [0, 0.1) is 0 Å². The van der Waals surface area contributed by atoms with Crippen molar-refractivity contribution in [2.24, 2.45) is 0 Å². The van der Waals surface area contributed by atoms with E-state index in [1.165, 1.54) is 59.1 Å². The lowest BCUT2D eigenvalue weighted by atomic mass is 10.1. The molecule has 1 aliphatic heterocycles. The molecule has 1 saturated heterocycles. The molecule has 1 aromatic heterocycles. The van der Waals surface area contributed by atoms with Crippen molar-refractivity contribution in [2.75, 3.05) is 32.7 Å². The molecule has 1 aliphatic rings. The van der Waals surface area contributed by atoms with E-state index in [9.17, 15) is 0 Å². The van der Waals surface area contributed by atoms with Gasteiger partial charge in [0.25, 0.3) is 0 Å². The highest BCUT2D eigenvalue weighted by Gasteiger charge is 2.22. The molecule has 0 atom stereocenters. The molecule has 0 aliphatic carbocycles. The Hall–Kier alpha value is -2.88. The summed E-state index contributed by atoms with van der Waals surface area (Å²) in [4.78, 5) is 3.42. The van der Waals surface area contributed by atoms with E-state index in [1.54, 1.807) is 9.80 Å². The second kappa shape index (κ2) is 9.09. The third-order valence-electron chi connectivity index (χ3n) is 6.79. The summed E-state index contributed by atoms with van der Waals surface area (Å²) in [6.07, 6.45) is 4.60. The third kappa shape index (κ3) is 4.30. The van der Waals surface area contributed by atoms with Crippen LogP contribution in [0.4, 0.5) is 0 Å². The van der Waals surface area contributed by atoms with Crippen LogP contribution in [0.3, 0.4) is 0 Å².